The average Bonchev–Trinajstić information content (AvgIpc) is 3.20. The molecule has 0 aromatic carbocycles. The molecule has 0 fully saturated rings. The van der Waals surface area contributed by atoms with Gasteiger partial charge in [0.1, 0.15) is 18.0 Å². The third kappa shape index (κ3) is 2.70. The first-order chi connectivity index (χ1) is 11.6. The molecule has 2 atom stereocenters. The summed E-state index contributed by atoms with van der Waals surface area (Å²) in [6, 6.07) is 0.102. The molecule has 0 spiro atoms. The molecular weight excluding hydrogens is 306 g/mol. The van der Waals surface area contributed by atoms with Crippen molar-refractivity contribution in [2.45, 2.75) is 70.5 Å². The summed E-state index contributed by atoms with van der Waals surface area (Å²) in [5.74, 6) is 2.90. The van der Waals surface area contributed by atoms with Crippen molar-refractivity contribution in [1.29, 1.82) is 0 Å². The van der Waals surface area contributed by atoms with Crippen molar-refractivity contribution in [2.75, 3.05) is 0 Å². The van der Waals surface area contributed by atoms with Crippen molar-refractivity contribution in [3.8, 4) is 0 Å². The Bertz CT molecular complexity index is 747. The van der Waals surface area contributed by atoms with Gasteiger partial charge in [-0.25, -0.2) is 19.3 Å². The number of aromatic nitrogens is 6. The molecule has 4 heterocycles. The molecule has 2 aromatic rings. The Morgan fingerprint density at radius 3 is 3.04 bits per heavy atom. The first kappa shape index (κ1) is 15.3. The van der Waals surface area contributed by atoms with E-state index in [1.165, 1.54) is 6.33 Å². The van der Waals surface area contributed by atoms with Gasteiger partial charge >= 0.3 is 0 Å². The second kappa shape index (κ2) is 5.99. The number of carbonyl (C=O) groups excluding carboxylic acids is 1. The molecule has 2 aliphatic rings. The number of hydrogen-bond acceptors (Lipinski definition) is 5. The molecule has 8 heteroatoms. The summed E-state index contributed by atoms with van der Waals surface area (Å²) in [6.45, 7) is 5.74. The summed E-state index contributed by atoms with van der Waals surface area (Å²) in [5.41, 5.74) is 0. The van der Waals surface area contributed by atoms with Gasteiger partial charge in [-0.1, -0.05) is 13.8 Å². The van der Waals surface area contributed by atoms with Crippen LogP contribution >= 0.6 is 0 Å². The largest absolute Gasteiger partial charge is 0.351 e. The zero-order valence-corrected chi connectivity index (χ0v) is 14.1. The van der Waals surface area contributed by atoms with Crippen LogP contribution in [0.5, 0.6) is 0 Å². The number of nitrogens with one attached hydrogen (secondary N) is 1. The van der Waals surface area contributed by atoms with Crippen LogP contribution in [0.1, 0.15) is 62.4 Å². The van der Waals surface area contributed by atoms with E-state index in [1.54, 1.807) is 0 Å². The Kier molecular flexibility index (Phi) is 3.82. The summed E-state index contributed by atoms with van der Waals surface area (Å²) in [4.78, 5) is 21.6. The van der Waals surface area contributed by atoms with Crippen molar-refractivity contribution in [3.63, 3.8) is 0 Å². The van der Waals surface area contributed by atoms with E-state index in [2.05, 4.69) is 39.3 Å². The number of aryl methyl sites for hydroxylation is 2. The lowest BCUT2D eigenvalue weighted by Crippen LogP contribution is -2.44. The lowest BCUT2D eigenvalue weighted by atomic mass is 9.97. The SMILES string of the molecule is CC(C)c1nc2n(n1)CC(NC(=O)C1CCCn3ncnc31)CC2. The van der Waals surface area contributed by atoms with Crippen LogP contribution in [0.2, 0.25) is 0 Å². The maximum Gasteiger partial charge on any atom is 0.231 e. The van der Waals surface area contributed by atoms with Crippen molar-refractivity contribution < 1.29 is 4.79 Å². The number of carbonyl (C=O) groups is 1. The highest BCUT2D eigenvalue weighted by Gasteiger charge is 2.31. The smallest absolute Gasteiger partial charge is 0.231 e. The quantitative estimate of drug-likeness (QED) is 0.907. The summed E-state index contributed by atoms with van der Waals surface area (Å²) >= 11 is 0. The molecule has 0 aliphatic carbocycles. The van der Waals surface area contributed by atoms with Crippen LogP contribution in [0.3, 0.4) is 0 Å². The zero-order valence-electron chi connectivity index (χ0n) is 14.1. The van der Waals surface area contributed by atoms with Crippen LogP contribution in [0, 0.1) is 0 Å². The van der Waals surface area contributed by atoms with Crippen LogP contribution in [0.4, 0.5) is 0 Å². The first-order valence-corrected chi connectivity index (χ1v) is 8.73. The van der Waals surface area contributed by atoms with Gasteiger partial charge in [-0.05, 0) is 19.3 Å². The van der Waals surface area contributed by atoms with E-state index in [0.29, 0.717) is 12.5 Å². The molecule has 1 N–H and O–H groups in total. The fourth-order valence-electron chi connectivity index (χ4n) is 3.53. The predicted octanol–water partition coefficient (Wildman–Crippen LogP) is 1.00. The van der Waals surface area contributed by atoms with Crippen molar-refractivity contribution >= 4 is 5.91 Å². The lowest BCUT2D eigenvalue weighted by Gasteiger charge is -2.27. The van der Waals surface area contributed by atoms with Crippen LogP contribution in [0.25, 0.3) is 0 Å². The third-order valence-corrected chi connectivity index (χ3v) is 4.87. The third-order valence-electron chi connectivity index (χ3n) is 4.87. The van der Waals surface area contributed by atoms with Crippen LogP contribution < -0.4 is 5.32 Å². The number of fused-ring (bicyclic) bond motifs is 2. The van der Waals surface area contributed by atoms with Gasteiger partial charge in [0.15, 0.2) is 5.82 Å². The highest BCUT2D eigenvalue weighted by Crippen LogP contribution is 2.25. The molecule has 2 unspecified atom stereocenters. The van der Waals surface area contributed by atoms with Gasteiger partial charge in [-0.2, -0.15) is 10.2 Å². The average molecular weight is 329 g/mol. The summed E-state index contributed by atoms with van der Waals surface area (Å²) < 4.78 is 3.80. The van der Waals surface area contributed by atoms with Crippen LogP contribution in [-0.4, -0.2) is 41.5 Å². The fraction of sp³-hybridized carbons (Fsp3) is 0.688. The second-order valence-electron chi connectivity index (χ2n) is 7.00. The number of rotatable bonds is 3. The number of hydrogen-bond donors (Lipinski definition) is 1. The molecule has 0 saturated carbocycles. The molecule has 24 heavy (non-hydrogen) atoms. The molecule has 2 aliphatic heterocycles. The molecular formula is C16H23N7O. The molecule has 0 bridgehead atoms. The van der Waals surface area contributed by atoms with E-state index in [0.717, 1.165) is 49.7 Å². The van der Waals surface area contributed by atoms with E-state index in [4.69, 9.17) is 0 Å². The Morgan fingerprint density at radius 2 is 2.21 bits per heavy atom. The number of nitrogens with zero attached hydrogens (tertiary/aromatic N) is 6. The zero-order chi connectivity index (χ0) is 16.7. The van der Waals surface area contributed by atoms with Gasteiger partial charge < -0.3 is 5.32 Å². The van der Waals surface area contributed by atoms with E-state index < -0.39 is 0 Å². The standard InChI is InChI=1S/C16H23N7O/c1-10(2)14-20-13-6-5-11(8-23(13)21-14)19-16(24)12-4-3-7-22-15(12)17-9-18-22/h9-12H,3-8H2,1-2H3,(H,19,24). The maximum atomic E-state index is 12.7. The van der Waals surface area contributed by atoms with Gasteiger partial charge in [0.25, 0.3) is 0 Å². The molecule has 128 valence electrons. The molecule has 4 rings (SSSR count). The molecule has 8 nitrogen and oxygen atoms in total. The first-order valence-electron chi connectivity index (χ1n) is 8.73. The Morgan fingerprint density at radius 1 is 1.33 bits per heavy atom. The van der Waals surface area contributed by atoms with E-state index in [1.807, 2.05) is 9.36 Å². The maximum absolute atomic E-state index is 12.7. The normalized spacial score (nSPS) is 23.0. The fourth-order valence-corrected chi connectivity index (χ4v) is 3.53. The summed E-state index contributed by atoms with van der Waals surface area (Å²) in [7, 11) is 0. The summed E-state index contributed by atoms with van der Waals surface area (Å²) in [5, 5.41) is 12.0. The highest BCUT2D eigenvalue weighted by atomic mass is 16.2. The molecule has 1 amide bonds. The minimum absolute atomic E-state index is 0.0570. The predicted molar refractivity (Wildman–Crippen MR) is 86.4 cm³/mol. The Labute approximate surface area is 140 Å². The van der Waals surface area contributed by atoms with Gasteiger partial charge in [-0.15, -0.1) is 0 Å². The minimum Gasteiger partial charge on any atom is -0.351 e. The van der Waals surface area contributed by atoms with E-state index in [-0.39, 0.29) is 17.9 Å². The van der Waals surface area contributed by atoms with Gasteiger partial charge in [-0.3, -0.25) is 4.79 Å². The van der Waals surface area contributed by atoms with Crippen molar-refractivity contribution in [2.24, 2.45) is 0 Å². The van der Waals surface area contributed by atoms with E-state index >= 15 is 0 Å². The van der Waals surface area contributed by atoms with Crippen molar-refractivity contribution in [3.05, 3.63) is 23.8 Å². The number of amides is 1. The minimum atomic E-state index is -0.190. The van der Waals surface area contributed by atoms with Crippen LogP contribution in [-0.2, 0) is 24.3 Å². The van der Waals surface area contributed by atoms with E-state index in [9.17, 15) is 4.79 Å². The Hall–Kier alpha value is -2.25. The Balaban J connectivity index is 1.44. The van der Waals surface area contributed by atoms with Gasteiger partial charge in [0, 0.05) is 24.9 Å². The monoisotopic (exact) mass is 329 g/mol. The van der Waals surface area contributed by atoms with Crippen LogP contribution in [0.15, 0.2) is 6.33 Å². The highest BCUT2D eigenvalue weighted by molar-refractivity contribution is 5.83. The lowest BCUT2D eigenvalue weighted by molar-refractivity contribution is -0.124. The summed E-state index contributed by atoms with van der Waals surface area (Å²) in [6.07, 6.45) is 5.09. The second-order valence-corrected chi connectivity index (χ2v) is 7.00. The van der Waals surface area contributed by atoms with Gasteiger partial charge in [0.05, 0.1) is 12.5 Å². The van der Waals surface area contributed by atoms with Crippen molar-refractivity contribution in [1.82, 2.24) is 34.8 Å². The van der Waals surface area contributed by atoms with Gasteiger partial charge in [0.2, 0.25) is 5.91 Å². The molecule has 0 saturated heterocycles. The molecule has 2 aromatic heterocycles. The molecule has 0 radical (unpaired) electrons. The topological polar surface area (TPSA) is 90.5 Å².